The Kier molecular flexibility index (Phi) is 6.41. The van der Waals surface area contributed by atoms with Gasteiger partial charge < -0.3 is 11.1 Å². The summed E-state index contributed by atoms with van der Waals surface area (Å²) in [5.74, 6) is 0.298. The first kappa shape index (κ1) is 18.6. The average molecular weight is 388 g/mol. The number of nitrogens with two attached hydrogens (primary N) is 1. The Morgan fingerprint density at radius 3 is 2.85 bits per heavy atom. The summed E-state index contributed by atoms with van der Waals surface area (Å²) in [6, 6.07) is 9.94. The van der Waals surface area contributed by atoms with Crippen molar-refractivity contribution in [1.82, 2.24) is 15.0 Å². The molecule has 7 heteroatoms. The molecule has 0 saturated carbocycles. The number of anilines is 2. The van der Waals surface area contributed by atoms with Crippen molar-refractivity contribution in [2.24, 2.45) is 0 Å². The highest BCUT2D eigenvalue weighted by molar-refractivity contribution is 7.18. The molecule has 136 valence electrons. The van der Waals surface area contributed by atoms with E-state index in [2.05, 4.69) is 33.3 Å². The lowest BCUT2D eigenvalue weighted by Gasteiger charge is -2.06. The fraction of sp³-hybridized carbons (Fsp3) is 0.316. The molecule has 5 nitrogen and oxygen atoms in total. The van der Waals surface area contributed by atoms with Gasteiger partial charge in [0, 0.05) is 23.5 Å². The zero-order valence-corrected chi connectivity index (χ0v) is 16.3. The summed E-state index contributed by atoms with van der Waals surface area (Å²) < 4.78 is 0. The van der Waals surface area contributed by atoms with Gasteiger partial charge in [0.05, 0.1) is 10.6 Å². The molecule has 0 unspecified atom stereocenters. The molecule has 3 aromatic rings. The van der Waals surface area contributed by atoms with Crippen LogP contribution in [0.2, 0.25) is 5.02 Å². The van der Waals surface area contributed by atoms with Gasteiger partial charge in [0.2, 0.25) is 5.95 Å². The summed E-state index contributed by atoms with van der Waals surface area (Å²) in [6.07, 6.45) is 5.57. The molecule has 0 saturated heterocycles. The summed E-state index contributed by atoms with van der Waals surface area (Å²) in [6.45, 7) is 3.04. The Labute approximate surface area is 162 Å². The number of nitrogen functional groups attached to an aromatic ring is 1. The SMILES string of the molecule is CCCNc1ncc(-c2cc(CCCc3ccccc3Cl)nc(N)n2)s1. The third-order valence-electron chi connectivity index (χ3n) is 3.92. The summed E-state index contributed by atoms with van der Waals surface area (Å²) in [4.78, 5) is 14.1. The van der Waals surface area contributed by atoms with Crippen molar-refractivity contribution in [3.8, 4) is 10.6 Å². The zero-order chi connectivity index (χ0) is 18.4. The van der Waals surface area contributed by atoms with Crippen molar-refractivity contribution >= 4 is 34.0 Å². The molecular formula is C19H22ClN5S. The Bertz CT molecular complexity index is 865. The van der Waals surface area contributed by atoms with E-state index >= 15 is 0 Å². The maximum Gasteiger partial charge on any atom is 0.220 e. The van der Waals surface area contributed by atoms with Crippen molar-refractivity contribution in [3.05, 3.63) is 52.8 Å². The maximum atomic E-state index is 6.22. The monoisotopic (exact) mass is 387 g/mol. The van der Waals surface area contributed by atoms with Gasteiger partial charge in [-0.3, -0.25) is 0 Å². The molecule has 26 heavy (non-hydrogen) atoms. The molecule has 0 spiro atoms. The Morgan fingerprint density at radius 2 is 2.04 bits per heavy atom. The molecule has 3 rings (SSSR count). The molecule has 0 atom stereocenters. The third-order valence-corrected chi connectivity index (χ3v) is 5.26. The quantitative estimate of drug-likeness (QED) is 0.578. The Hall–Kier alpha value is -2.18. The highest BCUT2D eigenvalue weighted by Gasteiger charge is 2.09. The van der Waals surface area contributed by atoms with E-state index in [0.717, 1.165) is 64.2 Å². The molecule has 0 bridgehead atoms. The van der Waals surface area contributed by atoms with Gasteiger partial charge in [-0.25, -0.2) is 15.0 Å². The van der Waals surface area contributed by atoms with Crippen molar-refractivity contribution in [2.45, 2.75) is 32.6 Å². The van der Waals surface area contributed by atoms with Crippen molar-refractivity contribution in [3.63, 3.8) is 0 Å². The predicted molar refractivity (Wildman–Crippen MR) is 110 cm³/mol. The molecule has 0 radical (unpaired) electrons. The van der Waals surface area contributed by atoms with Crippen molar-refractivity contribution in [1.29, 1.82) is 0 Å². The molecule has 0 aliphatic rings. The van der Waals surface area contributed by atoms with E-state index in [1.807, 2.05) is 30.5 Å². The molecule has 0 fully saturated rings. The number of hydrogen-bond donors (Lipinski definition) is 2. The average Bonchev–Trinajstić information content (AvgIpc) is 3.10. The standard InChI is InChI=1S/C19H22ClN5S/c1-2-10-22-19-23-12-17(26-19)16-11-14(24-18(21)25-16)8-5-7-13-6-3-4-9-15(13)20/h3-4,6,9,11-12H,2,5,7-8,10H2,1H3,(H,22,23)(H2,21,24,25). The first-order chi connectivity index (χ1) is 12.7. The molecule has 2 aromatic heterocycles. The van der Waals surface area contributed by atoms with Crippen LogP contribution in [0, 0.1) is 0 Å². The number of thiazole rings is 1. The largest absolute Gasteiger partial charge is 0.368 e. The van der Waals surface area contributed by atoms with Gasteiger partial charge >= 0.3 is 0 Å². The number of hydrogen-bond acceptors (Lipinski definition) is 6. The van der Waals surface area contributed by atoms with Crippen molar-refractivity contribution < 1.29 is 0 Å². The van der Waals surface area contributed by atoms with Crippen LogP contribution in [0.5, 0.6) is 0 Å². The van der Waals surface area contributed by atoms with Crippen LogP contribution in [-0.2, 0) is 12.8 Å². The summed E-state index contributed by atoms with van der Waals surface area (Å²) >= 11 is 7.80. The van der Waals surface area contributed by atoms with Crippen LogP contribution in [-0.4, -0.2) is 21.5 Å². The van der Waals surface area contributed by atoms with Gasteiger partial charge in [0.15, 0.2) is 5.13 Å². The van der Waals surface area contributed by atoms with E-state index in [1.165, 1.54) is 0 Å². The van der Waals surface area contributed by atoms with E-state index in [1.54, 1.807) is 11.3 Å². The number of nitrogens with one attached hydrogen (secondary N) is 1. The van der Waals surface area contributed by atoms with Gasteiger partial charge in [-0.05, 0) is 43.4 Å². The van der Waals surface area contributed by atoms with Gasteiger partial charge in [-0.2, -0.15) is 0 Å². The minimum atomic E-state index is 0.298. The maximum absolute atomic E-state index is 6.22. The number of halogens is 1. The normalized spacial score (nSPS) is 10.8. The minimum Gasteiger partial charge on any atom is -0.368 e. The predicted octanol–water partition coefficient (Wildman–Crippen LogP) is 4.83. The Morgan fingerprint density at radius 1 is 1.19 bits per heavy atom. The number of aromatic nitrogens is 3. The van der Waals surface area contributed by atoms with Crippen LogP contribution >= 0.6 is 22.9 Å². The highest BCUT2D eigenvalue weighted by Crippen LogP contribution is 2.28. The molecule has 0 aliphatic heterocycles. The van der Waals surface area contributed by atoms with Crippen LogP contribution < -0.4 is 11.1 Å². The number of nitrogens with zero attached hydrogens (tertiary/aromatic N) is 3. The first-order valence-corrected chi connectivity index (χ1v) is 9.92. The molecule has 1 aromatic carbocycles. The van der Waals surface area contributed by atoms with E-state index in [0.29, 0.717) is 5.95 Å². The summed E-state index contributed by atoms with van der Waals surface area (Å²) in [5.41, 5.74) is 8.84. The molecule has 2 heterocycles. The first-order valence-electron chi connectivity index (χ1n) is 8.72. The number of benzene rings is 1. The van der Waals surface area contributed by atoms with Gasteiger partial charge in [0.25, 0.3) is 0 Å². The van der Waals surface area contributed by atoms with Crippen LogP contribution in [0.25, 0.3) is 10.6 Å². The fourth-order valence-corrected chi connectivity index (χ4v) is 3.67. The minimum absolute atomic E-state index is 0.298. The fourth-order valence-electron chi connectivity index (χ4n) is 2.64. The lowest BCUT2D eigenvalue weighted by atomic mass is 10.1. The topological polar surface area (TPSA) is 76.7 Å². The Balaban J connectivity index is 1.67. The molecule has 3 N–H and O–H groups in total. The van der Waals surface area contributed by atoms with Crippen LogP contribution in [0.1, 0.15) is 31.0 Å². The van der Waals surface area contributed by atoms with Crippen LogP contribution in [0.4, 0.5) is 11.1 Å². The number of rotatable bonds is 8. The summed E-state index contributed by atoms with van der Waals surface area (Å²) in [5, 5.41) is 5.01. The van der Waals surface area contributed by atoms with E-state index in [9.17, 15) is 0 Å². The molecular weight excluding hydrogens is 366 g/mol. The molecule has 0 amide bonds. The van der Waals surface area contributed by atoms with Gasteiger partial charge in [-0.1, -0.05) is 48.1 Å². The highest BCUT2D eigenvalue weighted by atomic mass is 35.5. The molecule has 0 aliphatic carbocycles. The smallest absolute Gasteiger partial charge is 0.220 e. The van der Waals surface area contributed by atoms with Crippen LogP contribution in [0.3, 0.4) is 0 Å². The third kappa shape index (κ3) is 4.93. The lowest BCUT2D eigenvalue weighted by Crippen LogP contribution is -2.01. The van der Waals surface area contributed by atoms with Crippen molar-refractivity contribution in [2.75, 3.05) is 17.6 Å². The van der Waals surface area contributed by atoms with E-state index in [-0.39, 0.29) is 0 Å². The van der Waals surface area contributed by atoms with E-state index in [4.69, 9.17) is 17.3 Å². The summed E-state index contributed by atoms with van der Waals surface area (Å²) in [7, 11) is 0. The second kappa shape index (κ2) is 8.96. The van der Waals surface area contributed by atoms with Gasteiger partial charge in [-0.15, -0.1) is 0 Å². The second-order valence-electron chi connectivity index (χ2n) is 6.00. The zero-order valence-electron chi connectivity index (χ0n) is 14.7. The van der Waals surface area contributed by atoms with Crippen LogP contribution in [0.15, 0.2) is 36.5 Å². The van der Waals surface area contributed by atoms with E-state index < -0.39 is 0 Å². The van der Waals surface area contributed by atoms with Gasteiger partial charge in [0.1, 0.15) is 0 Å². The number of aryl methyl sites for hydroxylation is 2. The second-order valence-corrected chi connectivity index (χ2v) is 7.44. The lowest BCUT2D eigenvalue weighted by molar-refractivity contribution is 0.797.